The molecule has 0 bridgehead atoms. The summed E-state index contributed by atoms with van der Waals surface area (Å²) in [5.41, 5.74) is 1.29. The monoisotopic (exact) mass is 234 g/mol. The molecule has 2 rings (SSSR count). The van der Waals surface area contributed by atoms with Gasteiger partial charge in [-0.05, 0) is 31.4 Å². The smallest absolute Gasteiger partial charge is 0.213 e. The molecule has 1 aliphatic heterocycles. The summed E-state index contributed by atoms with van der Waals surface area (Å²) in [7, 11) is 2.13. The first-order valence-electron chi connectivity index (χ1n) is 6.43. The average molecular weight is 234 g/mol. The fraction of sp³-hybridized carbons (Fsp3) is 0.643. The lowest BCUT2D eigenvalue weighted by molar-refractivity contribution is 0.200. The highest BCUT2D eigenvalue weighted by molar-refractivity contribution is 5.18. The van der Waals surface area contributed by atoms with Crippen molar-refractivity contribution < 1.29 is 4.74 Å². The Hall–Kier alpha value is -1.09. The fourth-order valence-corrected chi connectivity index (χ4v) is 2.23. The molecule has 94 valence electrons. The van der Waals surface area contributed by atoms with Gasteiger partial charge in [0.25, 0.3) is 0 Å². The van der Waals surface area contributed by atoms with Gasteiger partial charge in [-0.1, -0.05) is 19.9 Å². The molecule has 0 aromatic carbocycles. The molecular formula is C14H22N2O. The lowest BCUT2D eigenvalue weighted by Gasteiger charge is -2.13. The van der Waals surface area contributed by atoms with Gasteiger partial charge in [0.15, 0.2) is 0 Å². The van der Waals surface area contributed by atoms with E-state index in [1.54, 1.807) is 0 Å². The molecule has 0 aliphatic carbocycles. The Morgan fingerprint density at radius 2 is 2.29 bits per heavy atom. The van der Waals surface area contributed by atoms with E-state index in [1.807, 2.05) is 12.3 Å². The quantitative estimate of drug-likeness (QED) is 0.799. The number of ether oxygens (including phenoxy) is 1. The number of nitrogens with zero attached hydrogens (tertiary/aromatic N) is 2. The van der Waals surface area contributed by atoms with Gasteiger partial charge in [-0.2, -0.15) is 0 Å². The second-order valence-electron chi connectivity index (χ2n) is 5.39. The highest BCUT2D eigenvalue weighted by atomic mass is 16.5. The van der Waals surface area contributed by atoms with E-state index in [-0.39, 0.29) is 0 Å². The molecule has 1 atom stereocenters. The maximum Gasteiger partial charge on any atom is 0.213 e. The van der Waals surface area contributed by atoms with Crippen LogP contribution >= 0.6 is 0 Å². The van der Waals surface area contributed by atoms with E-state index in [9.17, 15) is 0 Å². The molecular weight excluding hydrogens is 212 g/mol. The number of likely N-dealkylation sites (N-methyl/N-ethyl adjacent to an activating group) is 1. The summed E-state index contributed by atoms with van der Waals surface area (Å²) in [6.07, 6.45) is 4.43. The first-order chi connectivity index (χ1) is 8.13. The van der Waals surface area contributed by atoms with Gasteiger partial charge in [0.05, 0.1) is 0 Å². The van der Waals surface area contributed by atoms with Crippen molar-refractivity contribution in [1.82, 2.24) is 9.88 Å². The topological polar surface area (TPSA) is 25.4 Å². The third kappa shape index (κ3) is 3.70. The average Bonchev–Trinajstić information content (AvgIpc) is 2.66. The molecule has 0 saturated carbocycles. The number of hydrogen-bond acceptors (Lipinski definition) is 3. The van der Waals surface area contributed by atoms with E-state index < -0.39 is 0 Å². The minimum atomic E-state index is 0.309. The Labute approximate surface area is 104 Å². The van der Waals surface area contributed by atoms with Crippen LogP contribution in [0.2, 0.25) is 0 Å². The number of hydrogen-bond donors (Lipinski definition) is 0. The predicted octanol–water partition coefficient (Wildman–Crippen LogP) is 2.36. The highest BCUT2D eigenvalue weighted by Crippen LogP contribution is 2.16. The van der Waals surface area contributed by atoms with E-state index in [0.717, 1.165) is 31.8 Å². The molecule has 1 aromatic rings. The highest BCUT2D eigenvalue weighted by Gasteiger charge is 2.21. The van der Waals surface area contributed by atoms with Gasteiger partial charge in [0, 0.05) is 25.4 Å². The van der Waals surface area contributed by atoms with E-state index in [0.29, 0.717) is 12.0 Å². The zero-order chi connectivity index (χ0) is 12.3. The normalized spacial score (nSPS) is 21.1. The molecule has 3 nitrogen and oxygen atoms in total. The SMILES string of the molecule is CC(C)Cc1ccc(OC2CCN(C)C2)nc1. The van der Waals surface area contributed by atoms with Crippen molar-refractivity contribution in [3.8, 4) is 5.88 Å². The summed E-state index contributed by atoms with van der Waals surface area (Å²) >= 11 is 0. The van der Waals surface area contributed by atoms with Crippen molar-refractivity contribution in [3.63, 3.8) is 0 Å². The summed E-state index contributed by atoms with van der Waals surface area (Å²) in [6.45, 7) is 6.57. The van der Waals surface area contributed by atoms with Gasteiger partial charge in [0.2, 0.25) is 5.88 Å². The van der Waals surface area contributed by atoms with Gasteiger partial charge in [0.1, 0.15) is 6.10 Å². The van der Waals surface area contributed by atoms with Crippen molar-refractivity contribution in [2.24, 2.45) is 5.92 Å². The molecule has 0 spiro atoms. The van der Waals surface area contributed by atoms with E-state index >= 15 is 0 Å². The first kappa shape index (κ1) is 12.4. The van der Waals surface area contributed by atoms with Gasteiger partial charge in [-0.25, -0.2) is 4.98 Å². The molecule has 0 radical (unpaired) electrons. The Balaban J connectivity index is 1.89. The molecule has 1 aromatic heterocycles. The minimum absolute atomic E-state index is 0.309. The van der Waals surface area contributed by atoms with Crippen LogP contribution in [0.1, 0.15) is 25.8 Å². The van der Waals surface area contributed by atoms with Gasteiger partial charge < -0.3 is 9.64 Å². The maximum absolute atomic E-state index is 5.85. The Kier molecular flexibility index (Phi) is 4.00. The first-order valence-corrected chi connectivity index (χ1v) is 6.43. The van der Waals surface area contributed by atoms with Crippen LogP contribution in [0.15, 0.2) is 18.3 Å². The third-order valence-corrected chi connectivity index (χ3v) is 3.08. The molecule has 1 fully saturated rings. The fourth-order valence-electron chi connectivity index (χ4n) is 2.23. The predicted molar refractivity (Wildman–Crippen MR) is 69.3 cm³/mol. The maximum atomic E-state index is 5.85. The molecule has 2 heterocycles. The van der Waals surface area contributed by atoms with Crippen molar-refractivity contribution in [1.29, 1.82) is 0 Å². The van der Waals surface area contributed by atoms with Crippen LogP contribution in [0.3, 0.4) is 0 Å². The second-order valence-corrected chi connectivity index (χ2v) is 5.39. The number of pyridine rings is 1. The van der Waals surface area contributed by atoms with Gasteiger partial charge in [-0.3, -0.25) is 0 Å². The largest absolute Gasteiger partial charge is 0.473 e. The van der Waals surface area contributed by atoms with Crippen molar-refractivity contribution >= 4 is 0 Å². The zero-order valence-electron chi connectivity index (χ0n) is 11.0. The van der Waals surface area contributed by atoms with Crippen LogP contribution < -0.4 is 4.74 Å². The van der Waals surface area contributed by atoms with E-state index in [1.165, 1.54) is 5.56 Å². The summed E-state index contributed by atoms with van der Waals surface area (Å²) in [5, 5.41) is 0. The molecule has 3 heteroatoms. The van der Waals surface area contributed by atoms with Crippen molar-refractivity contribution in [2.45, 2.75) is 32.8 Å². The lowest BCUT2D eigenvalue weighted by atomic mass is 10.1. The number of rotatable bonds is 4. The van der Waals surface area contributed by atoms with Gasteiger partial charge >= 0.3 is 0 Å². The Morgan fingerprint density at radius 3 is 2.82 bits per heavy atom. The molecule has 1 saturated heterocycles. The molecule has 1 aliphatic rings. The van der Waals surface area contributed by atoms with Crippen LogP contribution in [0.5, 0.6) is 5.88 Å². The van der Waals surface area contributed by atoms with Crippen LogP contribution in [0.4, 0.5) is 0 Å². The Bertz CT molecular complexity index is 348. The van der Waals surface area contributed by atoms with Crippen LogP contribution in [0, 0.1) is 5.92 Å². The number of aromatic nitrogens is 1. The summed E-state index contributed by atoms with van der Waals surface area (Å²) in [6, 6.07) is 4.12. The van der Waals surface area contributed by atoms with Crippen molar-refractivity contribution in [3.05, 3.63) is 23.9 Å². The molecule has 17 heavy (non-hydrogen) atoms. The molecule has 0 amide bonds. The lowest BCUT2D eigenvalue weighted by Crippen LogP contribution is -2.21. The van der Waals surface area contributed by atoms with Crippen LogP contribution in [0.25, 0.3) is 0 Å². The summed E-state index contributed by atoms with van der Waals surface area (Å²) in [4.78, 5) is 6.67. The number of likely N-dealkylation sites (tertiary alicyclic amines) is 1. The summed E-state index contributed by atoms with van der Waals surface area (Å²) in [5.74, 6) is 1.44. The molecule has 0 N–H and O–H groups in total. The van der Waals surface area contributed by atoms with Crippen LogP contribution in [-0.2, 0) is 6.42 Å². The van der Waals surface area contributed by atoms with E-state index in [2.05, 4.69) is 36.8 Å². The van der Waals surface area contributed by atoms with E-state index in [4.69, 9.17) is 4.74 Å². The summed E-state index contributed by atoms with van der Waals surface area (Å²) < 4.78 is 5.85. The standard InChI is InChI=1S/C14H22N2O/c1-11(2)8-12-4-5-14(15-9-12)17-13-6-7-16(3)10-13/h4-5,9,11,13H,6-8,10H2,1-3H3. The molecule has 1 unspecified atom stereocenters. The Morgan fingerprint density at radius 1 is 1.47 bits per heavy atom. The van der Waals surface area contributed by atoms with Crippen molar-refractivity contribution in [2.75, 3.05) is 20.1 Å². The zero-order valence-corrected chi connectivity index (χ0v) is 11.0. The van der Waals surface area contributed by atoms with Gasteiger partial charge in [-0.15, -0.1) is 0 Å². The second kappa shape index (κ2) is 5.50. The van der Waals surface area contributed by atoms with Crippen LogP contribution in [-0.4, -0.2) is 36.1 Å². The minimum Gasteiger partial charge on any atom is -0.473 e. The third-order valence-electron chi connectivity index (χ3n) is 3.08.